The number of hydrogen-bond donors (Lipinski definition) is 1. The van der Waals surface area contributed by atoms with Crippen molar-refractivity contribution in [3.8, 4) is 0 Å². The Kier molecular flexibility index (Phi) is 6.42. The van der Waals surface area contributed by atoms with Crippen molar-refractivity contribution in [1.82, 2.24) is 10.2 Å². The van der Waals surface area contributed by atoms with Gasteiger partial charge in [-0.25, -0.2) is 0 Å². The molecule has 1 saturated heterocycles. The van der Waals surface area contributed by atoms with E-state index in [1.165, 1.54) is 0 Å². The molecule has 1 heterocycles. The van der Waals surface area contributed by atoms with Crippen LogP contribution in [0.25, 0.3) is 0 Å². The van der Waals surface area contributed by atoms with Crippen LogP contribution in [0.2, 0.25) is 0 Å². The fourth-order valence-corrected chi connectivity index (χ4v) is 2.04. The summed E-state index contributed by atoms with van der Waals surface area (Å²) >= 11 is 0. The fraction of sp³-hybridized carbons (Fsp3) is 0.917. The van der Waals surface area contributed by atoms with E-state index >= 15 is 0 Å². The maximum Gasteiger partial charge on any atom is 0.222 e. The van der Waals surface area contributed by atoms with Gasteiger partial charge in [-0.15, -0.1) is 0 Å². The van der Waals surface area contributed by atoms with Crippen molar-refractivity contribution in [1.29, 1.82) is 0 Å². The first-order chi connectivity index (χ1) is 7.77. The Hall–Kier alpha value is -0.610. The topological polar surface area (TPSA) is 41.6 Å². The molecule has 0 aromatic carbocycles. The third-order valence-electron chi connectivity index (χ3n) is 3.07. The smallest absolute Gasteiger partial charge is 0.222 e. The monoisotopic (exact) mass is 228 g/mol. The van der Waals surface area contributed by atoms with E-state index in [2.05, 4.69) is 12.2 Å². The van der Waals surface area contributed by atoms with Crippen LogP contribution in [0.1, 0.15) is 32.6 Å². The lowest BCUT2D eigenvalue weighted by molar-refractivity contribution is -0.127. The summed E-state index contributed by atoms with van der Waals surface area (Å²) < 4.78 is 5.12. The molecule has 1 rings (SSSR count). The van der Waals surface area contributed by atoms with Crippen LogP contribution in [-0.2, 0) is 9.53 Å². The molecule has 1 unspecified atom stereocenters. The number of nitrogens with one attached hydrogen (secondary N) is 1. The van der Waals surface area contributed by atoms with Gasteiger partial charge in [0.2, 0.25) is 5.91 Å². The summed E-state index contributed by atoms with van der Waals surface area (Å²) in [7, 11) is 1.73. The SMILES string of the molecule is CCC(COC)NCCCN1CCCC1=O. The predicted octanol–water partition coefficient (Wildman–Crippen LogP) is 1.01. The van der Waals surface area contributed by atoms with Gasteiger partial charge < -0.3 is 15.0 Å². The second-order valence-electron chi connectivity index (χ2n) is 4.35. The molecule has 1 amide bonds. The number of methoxy groups -OCH3 is 1. The van der Waals surface area contributed by atoms with E-state index in [0.29, 0.717) is 11.9 Å². The van der Waals surface area contributed by atoms with Crippen LogP contribution in [0.4, 0.5) is 0 Å². The highest BCUT2D eigenvalue weighted by Gasteiger charge is 2.18. The van der Waals surface area contributed by atoms with Crippen LogP contribution < -0.4 is 5.32 Å². The van der Waals surface area contributed by atoms with Crippen LogP contribution >= 0.6 is 0 Å². The first-order valence-corrected chi connectivity index (χ1v) is 6.28. The molecular weight excluding hydrogens is 204 g/mol. The Labute approximate surface area is 98.3 Å². The summed E-state index contributed by atoms with van der Waals surface area (Å²) in [4.78, 5) is 13.3. The maximum absolute atomic E-state index is 11.3. The molecule has 1 atom stereocenters. The third kappa shape index (κ3) is 4.49. The molecule has 4 nitrogen and oxygen atoms in total. The predicted molar refractivity (Wildman–Crippen MR) is 64.4 cm³/mol. The number of ether oxygens (including phenoxy) is 1. The Balaban J connectivity index is 2.04. The molecule has 4 heteroatoms. The molecular formula is C12H24N2O2. The summed E-state index contributed by atoms with van der Waals surface area (Å²) in [5.74, 6) is 0.323. The lowest BCUT2D eigenvalue weighted by Crippen LogP contribution is -2.35. The van der Waals surface area contributed by atoms with Gasteiger partial charge in [-0.05, 0) is 25.8 Å². The van der Waals surface area contributed by atoms with Crippen LogP contribution in [-0.4, -0.2) is 50.2 Å². The average molecular weight is 228 g/mol. The molecule has 0 bridgehead atoms. The zero-order valence-corrected chi connectivity index (χ0v) is 10.5. The van der Waals surface area contributed by atoms with Gasteiger partial charge in [0.05, 0.1) is 6.61 Å². The zero-order chi connectivity index (χ0) is 11.8. The van der Waals surface area contributed by atoms with Gasteiger partial charge in [0.1, 0.15) is 0 Å². The Bertz CT molecular complexity index is 209. The summed E-state index contributed by atoms with van der Waals surface area (Å²) in [5.41, 5.74) is 0. The van der Waals surface area contributed by atoms with Gasteiger partial charge in [0.25, 0.3) is 0 Å². The minimum atomic E-state index is 0.323. The highest BCUT2D eigenvalue weighted by atomic mass is 16.5. The molecule has 0 aromatic heterocycles. The second-order valence-corrected chi connectivity index (χ2v) is 4.35. The minimum Gasteiger partial charge on any atom is -0.383 e. The van der Waals surface area contributed by atoms with Gasteiger partial charge in [-0.2, -0.15) is 0 Å². The molecule has 1 aliphatic rings. The number of carbonyl (C=O) groups excluding carboxylic acids is 1. The number of carbonyl (C=O) groups is 1. The van der Waals surface area contributed by atoms with E-state index in [1.807, 2.05) is 4.90 Å². The Morgan fingerprint density at radius 3 is 2.94 bits per heavy atom. The average Bonchev–Trinajstić information content (AvgIpc) is 2.69. The van der Waals surface area contributed by atoms with E-state index in [1.54, 1.807) is 7.11 Å². The molecule has 94 valence electrons. The lowest BCUT2D eigenvalue weighted by atomic mass is 10.2. The summed E-state index contributed by atoms with van der Waals surface area (Å²) in [6.07, 6.45) is 3.89. The maximum atomic E-state index is 11.3. The highest BCUT2D eigenvalue weighted by Crippen LogP contribution is 2.09. The summed E-state index contributed by atoms with van der Waals surface area (Å²) in [6, 6.07) is 0.444. The molecule has 0 spiro atoms. The molecule has 0 saturated carbocycles. The van der Waals surface area contributed by atoms with Crippen molar-refractivity contribution in [3.05, 3.63) is 0 Å². The van der Waals surface area contributed by atoms with Crippen LogP contribution in [0.3, 0.4) is 0 Å². The number of nitrogens with zero attached hydrogens (tertiary/aromatic N) is 1. The molecule has 0 aliphatic carbocycles. The number of likely N-dealkylation sites (tertiary alicyclic amines) is 1. The van der Waals surface area contributed by atoms with Crippen LogP contribution in [0, 0.1) is 0 Å². The van der Waals surface area contributed by atoms with E-state index < -0.39 is 0 Å². The number of hydrogen-bond acceptors (Lipinski definition) is 3. The van der Waals surface area contributed by atoms with E-state index in [4.69, 9.17) is 4.74 Å². The number of amides is 1. The zero-order valence-electron chi connectivity index (χ0n) is 10.5. The minimum absolute atomic E-state index is 0.323. The standard InChI is InChI=1S/C12H24N2O2/c1-3-11(10-16-2)13-7-5-9-14-8-4-6-12(14)15/h11,13H,3-10H2,1-2H3. The van der Waals surface area contributed by atoms with E-state index in [-0.39, 0.29) is 0 Å². The first-order valence-electron chi connectivity index (χ1n) is 6.28. The second kappa shape index (κ2) is 7.63. The molecule has 1 N–H and O–H groups in total. The van der Waals surface area contributed by atoms with Gasteiger partial charge in [0, 0.05) is 32.7 Å². The van der Waals surface area contributed by atoms with Gasteiger partial charge in [-0.1, -0.05) is 6.92 Å². The van der Waals surface area contributed by atoms with Crippen LogP contribution in [0.15, 0.2) is 0 Å². The van der Waals surface area contributed by atoms with Crippen molar-refractivity contribution in [2.45, 2.75) is 38.6 Å². The molecule has 16 heavy (non-hydrogen) atoms. The Morgan fingerprint density at radius 2 is 2.38 bits per heavy atom. The Morgan fingerprint density at radius 1 is 1.56 bits per heavy atom. The van der Waals surface area contributed by atoms with Crippen molar-refractivity contribution in [3.63, 3.8) is 0 Å². The largest absolute Gasteiger partial charge is 0.383 e. The molecule has 0 radical (unpaired) electrons. The number of rotatable bonds is 8. The highest BCUT2D eigenvalue weighted by molar-refractivity contribution is 5.77. The summed E-state index contributed by atoms with van der Waals surface area (Å²) in [6.45, 7) is 5.73. The first kappa shape index (κ1) is 13.5. The van der Waals surface area contributed by atoms with E-state index in [9.17, 15) is 4.79 Å². The van der Waals surface area contributed by atoms with Gasteiger partial charge in [0.15, 0.2) is 0 Å². The van der Waals surface area contributed by atoms with Crippen LogP contribution in [0.5, 0.6) is 0 Å². The quantitative estimate of drug-likeness (QED) is 0.631. The van der Waals surface area contributed by atoms with Gasteiger partial charge >= 0.3 is 0 Å². The molecule has 1 fully saturated rings. The van der Waals surface area contributed by atoms with Crippen molar-refractivity contribution >= 4 is 5.91 Å². The molecule has 1 aliphatic heterocycles. The third-order valence-corrected chi connectivity index (χ3v) is 3.07. The fourth-order valence-electron chi connectivity index (χ4n) is 2.04. The van der Waals surface area contributed by atoms with Crippen molar-refractivity contribution in [2.75, 3.05) is 33.4 Å². The summed E-state index contributed by atoms with van der Waals surface area (Å²) in [5, 5.41) is 3.45. The van der Waals surface area contributed by atoms with Crippen molar-refractivity contribution < 1.29 is 9.53 Å². The lowest BCUT2D eigenvalue weighted by Gasteiger charge is -2.18. The van der Waals surface area contributed by atoms with Crippen molar-refractivity contribution in [2.24, 2.45) is 0 Å². The molecule has 0 aromatic rings. The van der Waals surface area contributed by atoms with Gasteiger partial charge in [-0.3, -0.25) is 4.79 Å². The van der Waals surface area contributed by atoms with E-state index in [0.717, 1.165) is 51.9 Å². The normalized spacial score (nSPS) is 18.1.